The van der Waals surface area contributed by atoms with Crippen LogP contribution in [0.1, 0.15) is 0 Å². The molecule has 0 saturated heterocycles. The predicted octanol–water partition coefficient (Wildman–Crippen LogP) is -0.0213. The molecule has 0 bridgehead atoms. The summed E-state index contributed by atoms with van der Waals surface area (Å²) in [4.78, 5) is 0. The van der Waals surface area contributed by atoms with Gasteiger partial charge in [-0.15, -0.1) is 0 Å². The van der Waals surface area contributed by atoms with Gasteiger partial charge in [0.15, 0.2) is 6.61 Å². The highest BCUT2D eigenvalue weighted by molar-refractivity contribution is 6.48. The molecule has 0 aliphatic heterocycles. The van der Waals surface area contributed by atoms with E-state index in [9.17, 15) is 0 Å². The summed E-state index contributed by atoms with van der Waals surface area (Å²) in [5.74, 6) is 4.21. The smallest absolute Gasteiger partial charge is 0.454 e. The van der Waals surface area contributed by atoms with Gasteiger partial charge >= 0.3 is 14.5 Å². The summed E-state index contributed by atoms with van der Waals surface area (Å²) >= 11 is -0.808. The van der Waals surface area contributed by atoms with Crippen molar-refractivity contribution in [1.29, 1.82) is 0 Å². The van der Waals surface area contributed by atoms with Gasteiger partial charge in [0.2, 0.25) is 0 Å². The normalized spacial score (nSPS) is 9.00. The third-order valence-corrected chi connectivity index (χ3v) is 1.46. The van der Waals surface area contributed by atoms with Crippen molar-refractivity contribution in [1.82, 2.24) is 0 Å². The van der Waals surface area contributed by atoms with E-state index < -0.39 is 14.5 Å². The molecule has 0 unspecified atom stereocenters. The zero-order valence-corrected chi connectivity index (χ0v) is 6.05. The molecule has 0 heterocycles. The molecule has 0 rings (SSSR count). The molecule has 0 aliphatic rings. The Hall–Kier alpha value is 0.452. The second-order valence-electron chi connectivity index (χ2n) is 1.67. The summed E-state index contributed by atoms with van der Waals surface area (Å²) in [7, 11) is 0. The lowest BCUT2D eigenvalue weighted by atomic mass is 10.8. The van der Waals surface area contributed by atoms with Gasteiger partial charge < -0.3 is 8.90 Å². The third-order valence-electron chi connectivity index (χ3n) is 0.553. The van der Waals surface area contributed by atoms with Gasteiger partial charge in [0.05, 0.1) is 6.61 Å². The summed E-state index contributed by atoms with van der Waals surface area (Å²) in [6, 6.07) is 0. The number of hydrogen-bond donors (Lipinski definition) is 0. The van der Waals surface area contributed by atoms with E-state index in [-0.39, 0.29) is 0 Å². The van der Waals surface area contributed by atoms with Gasteiger partial charge in [-0.25, -0.2) is 0 Å². The zero-order valence-electron chi connectivity index (χ0n) is 4.90. The first-order chi connectivity index (χ1) is 3.27. The monoisotopic (exact) mass is 119 g/mol. The van der Waals surface area contributed by atoms with E-state index >= 15 is 0 Å². The Morgan fingerprint density at radius 1 is 1.57 bits per heavy atom. The minimum absolute atomic E-state index is 0.408. The fourth-order valence-corrected chi connectivity index (χ4v) is 0.884. The molecule has 0 amide bonds. The molecule has 0 atom stereocenters. The standard InChI is InChI=1S/C2H5O2.2CH3.Al/c3-1-2-4;;;/h3H,1-2H2;2*1H3;/q-1;;;+1/p+1. The zero-order chi connectivity index (χ0) is 5.70. The number of rotatable bonds is 3. The van der Waals surface area contributed by atoms with Crippen LogP contribution in [0.5, 0.6) is 0 Å². The average Bonchev–Trinajstić information content (AvgIpc) is 1.61. The van der Waals surface area contributed by atoms with Gasteiger partial charge in [0.1, 0.15) is 0 Å². The molecular formula is C4H12AlO2+. The van der Waals surface area contributed by atoms with Crippen LogP contribution in [0.3, 0.4) is 0 Å². The SMILES string of the molecule is [CH3][Al]([CH3])[O]CC[OH2+]. The summed E-state index contributed by atoms with van der Waals surface area (Å²) in [5.41, 5.74) is 0. The summed E-state index contributed by atoms with van der Waals surface area (Å²) in [6.45, 7) is 1.04. The van der Waals surface area contributed by atoms with Crippen molar-refractivity contribution >= 4 is 14.5 Å². The van der Waals surface area contributed by atoms with Crippen LogP contribution in [-0.2, 0) is 3.79 Å². The molecule has 3 heteroatoms. The molecule has 2 nitrogen and oxygen atoms in total. The van der Waals surface area contributed by atoms with E-state index in [1.807, 2.05) is 0 Å². The second kappa shape index (κ2) is 4.61. The molecule has 0 aliphatic carbocycles. The Kier molecular flexibility index (Phi) is 4.91. The minimum atomic E-state index is -0.808. The van der Waals surface area contributed by atoms with E-state index in [0.717, 1.165) is 0 Å². The first-order valence-corrected chi connectivity index (χ1v) is 5.31. The topological polar surface area (TPSA) is 32.1 Å². The van der Waals surface area contributed by atoms with Crippen molar-refractivity contribution in [2.75, 3.05) is 13.2 Å². The van der Waals surface area contributed by atoms with Crippen LogP contribution < -0.4 is 0 Å². The van der Waals surface area contributed by atoms with Crippen LogP contribution in [0.15, 0.2) is 0 Å². The van der Waals surface area contributed by atoms with Crippen LogP contribution >= 0.6 is 0 Å². The first kappa shape index (κ1) is 7.45. The largest absolute Gasteiger partial charge is 0.495 e. The summed E-state index contributed by atoms with van der Waals surface area (Å²) < 4.78 is 5.14. The Labute approximate surface area is 48.8 Å². The average molecular weight is 119 g/mol. The highest BCUT2D eigenvalue weighted by atomic mass is 27.2. The maximum Gasteiger partial charge on any atom is 0.454 e. The van der Waals surface area contributed by atoms with Gasteiger partial charge in [-0.2, -0.15) is 0 Å². The van der Waals surface area contributed by atoms with Crippen LogP contribution in [0.25, 0.3) is 0 Å². The molecular weight excluding hydrogens is 107 g/mol. The summed E-state index contributed by atoms with van der Waals surface area (Å²) in [5, 5.41) is 6.69. The fourth-order valence-electron chi connectivity index (χ4n) is 0.295. The van der Waals surface area contributed by atoms with Crippen molar-refractivity contribution in [2.45, 2.75) is 11.6 Å². The van der Waals surface area contributed by atoms with Crippen molar-refractivity contribution < 1.29 is 8.90 Å². The molecule has 0 saturated carbocycles. The lowest BCUT2D eigenvalue weighted by Gasteiger charge is -1.96. The molecule has 0 spiro atoms. The van der Waals surface area contributed by atoms with Gasteiger partial charge in [0, 0.05) is 0 Å². The van der Waals surface area contributed by atoms with Crippen molar-refractivity contribution in [2.24, 2.45) is 0 Å². The first-order valence-electron chi connectivity index (χ1n) is 2.53. The lowest BCUT2D eigenvalue weighted by Crippen LogP contribution is -2.10. The second-order valence-corrected chi connectivity index (χ2v) is 4.10. The molecule has 0 fully saturated rings. The Morgan fingerprint density at radius 3 is 2.29 bits per heavy atom. The van der Waals surface area contributed by atoms with Gasteiger partial charge in [-0.05, 0) is 0 Å². The highest BCUT2D eigenvalue weighted by Gasteiger charge is 2.01. The van der Waals surface area contributed by atoms with E-state index in [2.05, 4.69) is 11.6 Å². The molecule has 0 aromatic heterocycles. The molecule has 2 N–H and O–H groups in total. The van der Waals surface area contributed by atoms with Crippen LogP contribution in [0, 0.1) is 0 Å². The quantitative estimate of drug-likeness (QED) is 0.379. The predicted molar refractivity (Wildman–Crippen MR) is 31.9 cm³/mol. The van der Waals surface area contributed by atoms with Crippen molar-refractivity contribution in [3.8, 4) is 0 Å². The number of hydrogen-bond acceptors (Lipinski definition) is 1. The maximum absolute atomic E-state index is 6.69. The highest BCUT2D eigenvalue weighted by Crippen LogP contribution is 1.79. The minimum Gasteiger partial charge on any atom is -0.495 e. The maximum atomic E-state index is 6.69. The van der Waals surface area contributed by atoms with Crippen LogP contribution in [0.4, 0.5) is 0 Å². The van der Waals surface area contributed by atoms with Gasteiger partial charge in [-0.3, -0.25) is 0 Å². The Balaban J connectivity index is 2.68. The fraction of sp³-hybridized carbons (Fsp3) is 1.00. The molecule has 7 heavy (non-hydrogen) atoms. The van der Waals surface area contributed by atoms with Crippen LogP contribution in [0.2, 0.25) is 11.6 Å². The van der Waals surface area contributed by atoms with Crippen molar-refractivity contribution in [3.63, 3.8) is 0 Å². The van der Waals surface area contributed by atoms with E-state index in [0.29, 0.717) is 13.2 Å². The van der Waals surface area contributed by atoms with E-state index in [1.165, 1.54) is 0 Å². The van der Waals surface area contributed by atoms with E-state index in [4.69, 9.17) is 8.90 Å². The van der Waals surface area contributed by atoms with Gasteiger partial charge in [0.25, 0.3) is 0 Å². The molecule has 0 radical (unpaired) electrons. The van der Waals surface area contributed by atoms with E-state index in [1.54, 1.807) is 0 Å². The molecule has 42 valence electrons. The molecule has 0 aromatic carbocycles. The van der Waals surface area contributed by atoms with Crippen molar-refractivity contribution in [3.05, 3.63) is 0 Å². The Bertz CT molecular complexity index is 38.7. The lowest BCUT2D eigenvalue weighted by molar-refractivity contribution is 0.203. The third kappa shape index (κ3) is 6.45. The van der Waals surface area contributed by atoms with Gasteiger partial charge in [-0.1, -0.05) is 11.6 Å². The molecule has 0 aromatic rings. The summed E-state index contributed by atoms with van der Waals surface area (Å²) in [6.07, 6.45) is 0. The Morgan fingerprint density at radius 2 is 2.14 bits per heavy atom. The van der Waals surface area contributed by atoms with Crippen LogP contribution in [-0.4, -0.2) is 32.8 Å².